The van der Waals surface area contributed by atoms with Gasteiger partial charge in [0.2, 0.25) is 0 Å². The van der Waals surface area contributed by atoms with E-state index in [0.29, 0.717) is 0 Å². The number of pyridine rings is 1. The predicted octanol–water partition coefficient (Wildman–Crippen LogP) is 4.75. The monoisotopic (exact) mass is 303 g/mol. The van der Waals surface area contributed by atoms with Gasteiger partial charge in [0.1, 0.15) is 0 Å². The Morgan fingerprint density at radius 2 is 1.90 bits per heavy atom. The second kappa shape index (κ2) is 7.32. The fourth-order valence-electron chi connectivity index (χ4n) is 2.36. The molecule has 4 heteroatoms. The molecule has 3 nitrogen and oxygen atoms in total. The van der Waals surface area contributed by atoms with Crippen LogP contribution >= 0.6 is 11.6 Å². The van der Waals surface area contributed by atoms with E-state index in [9.17, 15) is 0 Å². The molecular weight excluding hydrogens is 282 g/mol. The van der Waals surface area contributed by atoms with Gasteiger partial charge in [0, 0.05) is 25.3 Å². The molecule has 0 aliphatic heterocycles. The van der Waals surface area contributed by atoms with Crippen LogP contribution in [0.4, 0.5) is 11.5 Å². The van der Waals surface area contributed by atoms with Crippen LogP contribution in [0.5, 0.6) is 0 Å². The van der Waals surface area contributed by atoms with E-state index in [0.717, 1.165) is 29.4 Å². The molecule has 1 atom stereocenters. The highest BCUT2D eigenvalue weighted by atomic mass is 35.5. The lowest BCUT2D eigenvalue weighted by Crippen LogP contribution is -2.16. The zero-order valence-corrected chi connectivity index (χ0v) is 13.6. The first-order chi connectivity index (χ1) is 10.1. The van der Waals surface area contributed by atoms with Crippen molar-refractivity contribution in [2.45, 2.75) is 25.8 Å². The van der Waals surface area contributed by atoms with Crippen molar-refractivity contribution in [2.75, 3.05) is 24.3 Å². The van der Waals surface area contributed by atoms with Gasteiger partial charge in [0.05, 0.1) is 11.7 Å². The maximum absolute atomic E-state index is 5.98. The zero-order valence-electron chi connectivity index (χ0n) is 12.8. The van der Waals surface area contributed by atoms with Crippen LogP contribution < -0.4 is 10.2 Å². The molecule has 0 radical (unpaired) electrons. The number of rotatable bonds is 6. The average molecular weight is 304 g/mol. The van der Waals surface area contributed by atoms with Crippen LogP contribution in [0.1, 0.15) is 31.4 Å². The fourth-order valence-corrected chi connectivity index (χ4v) is 2.49. The zero-order chi connectivity index (χ0) is 15.2. The molecule has 1 heterocycles. The third-order valence-electron chi connectivity index (χ3n) is 3.39. The van der Waals surface area contributed by atoms with Crippen LogP contribution in [-0.4, -0.2) is 19.1 Å². The number of anilines is 2. The Bertz CT molecular complexity index is 567. The van der Waals surface area contributed by atoms with Gasteiger partial charge < -0.3 is 10.2 Å². The van der Waals surface area contributed by atoms with Crippen LogP contribution in [-0.2, 0) is 0 Å². The quantitative estimate of drug-likeness (QED) is 0.834. The Labute approximate surface area is 132 Å². The van der Waals surface area contributed by atoms with Crippen LogP contribution in [0.3, 0.4) is 0 Å². The van der Waals surface area contributed by atoms with E-state index in [4.69, 9.17) is 11.6 Å². The standard InChI is InChI=1S/C17H22ClN3/c1-4-6-15(13-8-10-14(18)11-9-13)20-16-7-5-12-19-17(16)21(2)3/h5,7-12,15,20H,4,6H2,1-3H3. The molecule has 0 bridgehead atoms. The Kier molecular flexibility index (Phi) is 5.45. The first-order valence-corrected chi connectivity index (χ1v) is 7.64. The van der Waals surface area contributed by atoms with Gasteiger partial charge in [-0.25, -0.2) is 4.98 Å². The molecule has 0 aliphatic carbocycles. The number of hydrogen-bond donors (Lipinski definition) is 1. The summed E-state index contributed by atoms with van der Waals surface area (Å²) in [5, 5.41) is 4.39. The van der Waals surface area contributed by atoms with Crippen molar-refractivity contribution in [2.24, 2.45) is 0 Å². The van der Waals surface area contributed by atoms with Gasteiger partial charge in [-0.15, -0.1) is 0 Å². The van der Waals surface area contributed by atoms with Crippen LogP contribution in [0.15, 0.2) is 42.6 Å². The largest absolute Gasteiger partial charge is 0.375 e. The second-order valence-electron chi connectivity index (χ2n) is 5.31. The van der Waals surface area contributed by atoms with E-state index >= 15 is 0 Å². The Morgan fingerprint density at radius 3 is 2.52 bits per heavy atom. The molecule has 0 saturated carbocycles. The van der Waals surface area contributed by atoms with Crippen LogP contribution in [0, 0.1) is 0 Å². The summed E-state index contributed by atoms with van der Waals surface area (Å²) in [6.07, 6.45) is 3.98. The normalized spacial score (nSPS) is 12.0. The molecule has 0 fully saturated rings. The molecule has 112 valence electrons. The van der Waals surface area contributed by atoms with Gasteiger partial charge in [-0.2, -0.15) is 0 Å². The first-order valence-electron chi connectivity index (χ1n) is 7.26. The third kappa shape index (κ3) is 4.11. The van der Waals surface area contributed by atoms with E-state index in [1.54, 1.807) is 0 Å². The summed E-state index contributed by atoms with van der Waals surface area (Å²) in [4.78, 5) is 6.46. The van der Waals surface area contributed by atoms with Crippen molar-refractivity contribution in [3.05, 3.63) is 53.2 Å². The number of benzene rings is 1. The van der Waals surface area contributed by atoms with Crippen molar-refractivity contribution in [3.63, 3.8) is 0 Å². The van der Waals surface area contributed by atoms with Gasteiger partial charge in [0.15, 0.2) is 5.82 Å². The molecule has 0 amide bonds. The Balaban J connectivity index is 2.26. The summed E-state index contributed by atoms with van der Waals surface area (Å²) in [5.41, 5.74) is 2.30. The van der Waals surface area contributed by atoms with Crippen molar-refractivity contribution in [3.8, 4) is 0 Å². The van der Waals surface area contributed by atoms with Gasteiger partial charge in [-0.05, 0) is 36.2 Å². The minimum atomic E-state index is 0.259. The van der Waals surface area contributed by atoms with E-state index in [-0.39, 0.29) is 6.04 Å². The van der Waals surface area contributed by atoms with Crippen molar-refractivity contribution < 1.29 is 0 Å². The summed E-state index contributed by atoms with van der Waals surface area (Å²) in [5.74, 6) is 0.951. The predicted molar refractivity (Wildman–Crippen MR) is 91.3 cm³/mol. The molecule has 1 aromatic carbocycles. The van der Waals surface area contributed by atoms with Crippen LogP contribution in [0.2, 0.25) is 5.02 Å². The SMILES string of the molecule is CCCC(Nc1cccnc1N(C)C)c1ccc(Cl)cc1. The number of halogens is 1. The fraction of sp³-hybridized carbons (Fsp3) is 0.353. The highest BCUT2D eigenvalue weighted by molar-refractivity contribution is 6.30. The van der Waals surface area contributed by atoms with Crippen molar-refractivity contribution in [1.82, 2.24) is 4.98 Å². The molecule has 1 N–H and O–H groups in total. The van der Waals surface area contributed by atoms with Crippen molar-refractivity contribution >= 4 is 23.1 Å². The number of nitrogens with zero attached hydrogens (tertiary/aromatic N) is 2. The number of aromatic nitrogens is 1. The van der Waals surface area contributed by atoms with Gasteiger partial charge in [-0.1, -0.05) is 37.1 Å². The molecule has 1 aromatic heterocycles. The lowest BCUT2D eigenvalue weighted by molar-refractivity contribution is 0.677. The molecule has 0 saturated heterocycles. The smallest absolute Gasteiger partial charge is 0.151 e. The summed E-state index contributed by atoms with van der Waals surface area (Å²) in [6.45, 7) is 2.20. The maximum atomic E-state index is 5.98. The molecular formula is C17H22ClN3. The molecule has 0 aliphatic rings. The second-order valence-corrected chi connectivity index (χ2v) is 5.74. The first kappa shape index (κ1) is 15.6. The third-order valence-corrected chi connectivity index (χ3v) is 3.64. The lowest BCUT2D eigenvalue weighted by Gasteiger charge is -2.23. The van der Waals surface area contributed by atoms with Crippen LogP contribution in [0.25, 0.3) is 0 Å². The van der Waals surface area contributed by atoms with Gasteiger partial charge in [-0.3, -0.25) is 0 Å². The molecule has 2 aromatic rings. The molecule has 21 heavy (non-hydrogen) atoms. The number of nitrogens with one attached hydrogen (secondary N) is 1. The van der Waals surface area contributed by atoms with Crippen molar-refractivity contribution in [1.29, 1.82) is 0 Å². The summed E-state index contributed by atoms with van der Waals surface area (Å²) in [6, 6.07) is 12.3. The Hall–Kier alpha value is -1.74. The minimum absolute atomic E-state index is 0.259. The lowest BCUT2D eigenvalue weighted by atomic mass is 10.0. The van der Waals surface area contributed by atoms with E-state index < -0.39 is 0 Å². The highest BCUT2D eigenvalue weighted by Crippen LogP contribution is 2.29. The molecule has 1 unspecified atom stereocenters. The Morgan fingerprint density at radius 1 is 1.19 bits per heavy atom. The molecule has 2 rings (SSSR count). The van der Waals surface area contributed by atoms with E-state index in [2.05, 4.69) is 35.4 Å². The highest BCUT2D eigenvalue weighted by Gasteiger charge is 2.13. The summed E-state index contributed by atoms with van der Waals surface area (Å²) in [7, 11) is 4.01. The van der Waals surface area contributed by atoms with Gasteiger partial charge >= 0.3 is 0 Å². The molecule has 0 spiro atoms. The topological polar surface area (TPSA) is 28.2 Å². The van der Waals surface area contributed by atoms with E-state index in [1.807, 2.05) is 43.4 Å². The summed E-state index contributed by atoms with van der Waals surface area (Å²) >= 11 is 5.98. The van der Waals surface area contributed by atoms with E-state index in [1.165, 1.54) is 5.56 Å². The van der Waals surface area contributed by atoms with Gasteiger partial charge in [0.25, 0.3) is 0 Å². The summed E-state index contributed by atoms with van der Waals surface area (Å²) < 4.78 is 0. The maximum Gasteiger partial charge on any atom is 0.151 e. The minimum Gasteiger partial charge on any atom is -0.375 e. The average Bonchev–Trinajstić information content (AvgIpc) is 2.48. The number of hydrogen-bond acceptors (Lipinski definition) is 3.